The highest BCUT2D eigenvalue weighted by Gasteiger charge is 2.16. The summed E-state index contributed by atoms with van der Waals surface area (Å²) in [6.45, 7) is 0.239. The molecule has 4 rings (SSSR count). The van der Waals surface area contributed by atoms with Crippen LogP contribution in [0.4, 0.5) is 11.5 Å². The molecule has 4 N–H and O–H groups in total. The third-order valence-corrected chi connectivity index (χ3v) is 5.41. The van der Waals surface area contributed by atoms with Crippen molar-refractivity contribution in [3.05, 3.63) is 95.7 Å². The van der Waals surface area contributed by atoms with Gasteiger partial charge in [-0.25, -0.2) is 4.98 Å². The molecule has 10 nitrogen and oxygen atoms in total. The van der Waals surface area contributed by atoms with Crippen molar-refractivity contribution >= 4 is 46.6 Å². The van der Waals surface area contributed by atoms with Gasteiger partial charge in [-0.05, 0) is 54.1 Å². The van der Waals surface area contributed by atoms with E-state index in [0.717, 1.165) is 22.3 Å². The van der Waals surface area contributed by atoms with E-state index >= 15 is 0 Å². The summed E-state index contributed by atoms with van der Waals surface area (Å²) in [5.41, 5.74) is 3.85. The van der Waals surface area contributed by atoms with Crippen molar-refractivity contribution in [2.75, 3.05) is 5.32 Å². The molecule has 0 spiro atoms. The van der Waals surface area contributed by atoms with Gasteiger partial charge in [0.05, 0.1) is 29.7 Å². The number of aromatic nitrogens is 2. The molecule has 1 atom stereocenters. The van der Waals surface area contributed by atoms with Gasteiger partial charge >= 0.3 is 5.97 Å². The van der Waals surface area contributed by atoms with Crippen LogP contribution in [0.25, 0.3) is 11.0 Å². The zero-order valence-corrected chi connectivity index (χ0v) is 19.5. The number of aliphatic carboxylic acids is 1. The minimum absolute atomic E-state index is 0.239. The molecule has 10 heteroatoms. The third-order valence-electron chi connectivity index (χ3n) is 5.41. The largest absolute Gasteiger partial charge is 0.481 e. The monoisotopic (exact) mass is 497 g/mol. The van der Waals surface area contributed by atoms with Crippen LogP contribution < -0.4 is 16.0 Å². The average Bonchev–Trinajstić information content (AvgIpc) is 2.91. The van der Waals surface area contributed by atoms with E-state index in [1.54, 1.807) is 42.6 Å². The van der Waals surface area contributed by atoms with Gasteiger partial charge in [-0.3, -0.25) is 19.4 Å². The predicted molar refractivity (Wildman–Crippen MR) is 136 cm³/mol. The molecule has 0 unspecified atom stereocenters. The molecule has 1 heterocycles. The summed E-state index contributed by atoms with van der Waals surface area (Å²) in [5, 5.41) is 17.1. The number of nitrogens with one attached hydrogen (secondary N) is 3. The Hall–Kier alpha value is -5.12. The summed E-state index contributed by atoms with van der Waals surface area (Å²) in [7, 11) is 0. The van der Waals surface area contributed by atoms with Crippen molar-refractivity contribution in [1.29, 1.82) is 0 Å². The van der Waals surface area contributed by atoms with E-state index in [2.05, 4.69) is 25.9 Å². The molecular weight excluding hydrogens is 474 g/mol. The number of benzene rings is 3. The molecule has 0 aliphatic carbocycles. The minimum atomic E-state index is -1.19. The molecule has 2 amide bonds. The molecule has 1 aromatic heterocycles. The number of hydrogen-bond acceptors (Lipinski definition) is 7. The SMILES string of the molecule is O=C[C@H](CC(=O)O)NC(=O)c1ccc(CNC(=O)c2ccc(Nc3cnc4ccccc4n3)cc2)cc1. The minimum Gasteiger partial charge on any atom is -0.481 e. The van der Waals surface area contributed by atoms with Gasteiger partial charge in [-0.15, -0.1) is 0 Å². The second-order valence-electron chi connectivity index (χ2n) is 8.14. The van der Waals surface area contributed by atoms with Gasteiger partial charge in [0, 0.05) is 23.4 Å². The maximum atomic E-state index is 12.6. The molecule has 37 heavy (non-hydrogen) atoms. The molecule has 0 aliphatic heterocycles. The van der Waals surface area contributed by atoms with E-state index < -0.39 is 24.3 Å². The molecular formula is C27H23N5O5. The molecule has 0 aliphatic rings. The summed E-state index contributed by atoms with van der Waals surface area (Å²) in [6.07, 6.45) is 1.54. The number of aldehydes is 1. The second kappa shape index (κ2) is 11.5. The highest BCUT2D eigenvalue weighted by molar-refractivity contribution is 5.96. The number of nitrogens with zero attached hydrogens (tertiary/aromatic N) is 2. The van der Waals surface area contributed by atoms with Gasteiger partial charge in [0.25, 0.3) is 11.8 Å². The molecule has 0 bridgehead atoms. The lowest BCUT2D eigenvalue weighted by Crippen LogP contribution is -2.37. The Morgan fingerprint density at radius 2 is 1.51 bits per heavy atom. The number of para-hydroxylation sites is 2. The standard InChI is InChI=1S/C27H23N5O5/c33-16-21(13-25(34)35)31-27(37)19-7-5-17(6-8-19)14-29-26(36)18-9-11-20(12-10-18)30-24-15-28-22-3-1-2-4-23(22)32-24/h1-12,15-16,21H,13-14H2,(H,29,36)(H,30,32)(H,31,37)(H,34,35)/t21-/m0/s1. The Bertz CT molecular complexity index is 1440. The van der Waals surface area contributed by atoms with Crippen molar-refractivity contribution in [2.24, 2.45) is 0 Å². The van der Waals surface area contributed by atoms with Crippen LogP contribution >= 0.6 is 0 Å². The van der Waals surface area contributed by atoms with Crippen LogP contribution in [-0.2, 0) is 16.1 Å². The van der Waals surface area contributed by atoms with Crippen molar-refractivity contribution in [3.8, 4) is 0 Å². The Morgan fingerprint density at radius 3 is 2.19 bits per heavy atom. The number of carboxylic acids is 1. The van der Waals surface area contributed by atoms with Gasteiger partial charge in [0.2, 0.25) is 0 Å². The van der Waals surface area contributed by atoms with Crippen LogP contribution in [0.5, 0.6) is 0 Å². The Balaban J connectivity index is 1.29. The van der Waals surface area contributed by atoms with Crippen LogP contribution in [-0.4, -0.2) is 45.2 Å². The number of carboxylic acid groups (broad SMARTS) is 1. The third kappa shape index (κ3) is 6.73. The smallest absolute Gasteiger partial charge is 0.305 e. The normalized spacial score (nSPS) is 11.4. The molecule has 0 fully saturated rings. The number of rotatable bonds is 10. The van der Waals surface area contributed by atoms with E-state index in [0.29, 0.717) is 17.7 Å². The van der Waals surface area contributed by atoms with E-state index in [1.807, 2.05) is 24.3 Å². The molecule has 3 aromatic carbocycles. The van der Waals surface area contributed by atoms with E-state index in [1.165, 1.54) is 12.1 Å². The fourth-order valence-electron chi connectivity index (χ4n) is 3.50. The van der Waals surface area contributed by atoms with Crippen LogP contribution in [0.1, 0.15) is 32.7 Å². The van der Waals surface area contributed by atoms with Gasteiger partial charge in [0.1, 0.15) is 12.1 Å². The lowest BCUT2D eigenvalue weighted by Gasteiger charge is -2.11. The lowest BCUT2D eigenvalue weighted by atomic mass is 10.1. The van der Waals surface area contributed by atoms with E-state index in [-0.39, 0.29) is 18.0 Å². The van der Waals surface area contributed by atoms with Gasteiger partial charge in [-0.1, -0.05) is 24.3 Å². The maximum Gasteiger partial charge on any atom is 0.305 e. The average molecular weight is 498 g/mol. The first-order chi connectivity index (χ1) is 17.9. The second-order valence-corrected chi connectivity index (χ2v) is 8.14. The first kappa shape index (κ1) is 25.0. The number of fused-ring (bicyclic) bond motifs is 1. The van der Waals surface area contributed by atoms with Crippen molar-refractivity contribution in [2.45, 2.75) is 19.0 Å². The number of carbonyl (C=O) groups is 4. The molecule has 186 valence electrons. The quantitative estimate of drug-likeness (QED) is 0.244. The van der Waals surface area contributed by atoms with Gasteiger partial charge in [-0.2, -0.15) is 0 Å². The Morgan fingerprint density at radius 1 is 0.865 bits per heavy atom. The van der Waals surface area contributed by atoms with E-state index in [4.69, 9.17) is 5.11 Å². The summed E-state index contributed by atoms with van der Waals surface area (Å²) in [5.74, 6) is -1.41. The van der Waals surface area contributed by atoms with Crippen molar-refractivity contribution in [1.82, 2.24) is 20.6 Å². The molecule has 0 saturated heterocycles. The Kier molecular flexibility index (Phi) is 7.79. The number of carbonyl (C=O) groups excluding carboxylic acids is 3. The van der Waals surface area contributed by atoms with E-state index in [9.17, 15) is 19.2 Å². The van der Waals surface area contributed by atoms with Crippen LogP contribution in [0.3, 0.4) is 0 Å². The lowest BCUT2D eigenvalue weighted by molar-refractivity contribution is -0.138. The van der Waals surface area contributed by atoms with Crippen LogP contribution in [0.15, 0.2) is 79.0 Å². The molecule has 0 saturated carbocycles. The fourth-order valence-corrected chi connectivity index (χ4v) is 3.50. The maximum absolute atomic E-state index is 12.6. The number of amides is 2. The topological polar surface area (TPSA) is 150 Å². The summed E-state index contributed by atoms with van der Waals surface area (Å²) >= 11 is 0. The predicted octanol–water partition coefficient (Wildman–Crippen LogP) is 3.08. The zero-order chi connectivity index (χ0) is 26.2. The number of anilines is 2. The molecule has 0 radical (unpaired) electrons. The van der Waals surface area contributed by atoms with Gasteiger partial charge in [0.15, 0.2) is 0 Å². The first-order valence-electron chi connectivity index (χ1n) is 11.4. The van der Waals surface area contributed by atoms with Gasteiger partial charge < -0.3 is 25.9 Å². The van der Waals surface area contributed by atoms with Crippen LogP contribution in [0, 0.1) is 0 Å². The summed E-state index contributed by atoms with van der Waals surface area (Å²) < 4.78 is 0. The highest BCUT2D eigenvalue weighted by Crippen LogP contribution is 2.17. The summed E-state index contributed by atoms with van der Waals surface area (Å²) in [4.78, 5) is 55.3. The summed E-state index contributed by atoms with van der Waals surface area (Å²) in [6, 6.07) is 19.8. The van der Waals surface area contributed by atoms with Crippen molar-refractivity contribution < 1.29 is 24.3 Å². The fraction of sp³-hybridized carbons (Fsp3) is 0.111. The number of hydrogen-bond donors (Lipinski definition) is 4. The highest BCUT2D eigenvalue weighted by atomic mass is 16.4. The zero-order valence-electron chi connectivity index (χ0n) is 19.5. The first-order valence-corrected chi connectivity index (χ1v) is 11.4. The van der Waals surface area contributed by atoms with Crippen LogP contribution in [0.2, 0.25) is 0 Å². The van der Waals surface area contributed by atoms with Crippen molar-refractivity contribution in [3.63, 3.8) is 0 Å². The molecule has 4 aromatic rings. The Labute approximate surface area is 211 Å².